The standard InChI is InChI=1S/C13H12Cl2N2/c14-7-10-1-3-11(4-2-10)8-17-13-5-6-16-9-12(13)15/h1-6,9H,7-8H2,(H,16,17). The van der Waals surface area contributed by atoms with Gasteiger partial charge in [0.1, 0.15) is 0 Å². The lowest BCUT2D eigenvalue weighted by molar-refractivity contribution is 1.14. The molecule has 0 bridgehead atoms. The molecule has 0 spiro atoms. The zero-order chi connectivity index (χ0) is 12.1. The van der Waals surface area contributed by atoms with Crippen LogP contribution >= 0.6 is 23.2 Å². The van der Waals surface area contributed by atoms with E-state index in [0.717, 1.165) is 17.8 Å². The topological polar surface area (TPSA) is 24.9 Å². The van der Waals surface area contributed by atoms with Gasteiger partial charge in [-0.15, -0.1) is 11.6 Å². The van der Waals surface area contributed by atoms with Crippen molar-refractivity contribution in [2.24, 2.45) is 0 Å². The van der Waals surface area contributed by atoms with E-state index in [9.17, 15) is 0 Å². The van der Waals surface area contributed by atoms with Crippen LogP contribution in [-0.4, -0.2) is 4.98 Å². The lowest BCUT2D eigenvalue weighted by Crippen LogP contribution is -2.00. The summed E-state index contributed by atoms with van der Waals surface area (Å²) < 4.78 is 0. The molecule has 0 amide bonds. The van der Waals surface area contributed by atoms with Gasteiger partial charge in [0.05, 0.1) is 10.7 Å². The Morgan fingerprint density at radius 1 is 1.06 bits per heavy atom. The molecule has 1 aromatic carbocycles. The van der Waals surface area contributed by atoms with Crippen molar-refractivity contribution in [1.82, 2.24) is 4.98 Å². The van der Waals surface area contributed by atoms with Crippen molar-refractivity contribution in [2.45, 2.75) is 12.4 Å². The number of rotatable bonds is 4. The molecule has 0 unspecified atom stereocenters. The van der Waals surface area contributed by atoms with Gasteiger partial charge in [-0.2, -0.15) is 0 Å². The van der Waals surface area contributed by atoms with Crippen LogP contribution in [0.2, 0.25) is 5.02 Å². The molecule has 0 atom stereocenters. The van der Waals surface area contributed by atoms with Crippen LogP contribution in [0.4, 0.5) is 5.69 Å². The Kier molecular flexibility index (Phi) is 4.24. The normalized spacial score (nSPS) is 10.2. The van der Waals surface area contributed by atoms with E-state index in [1.165, 1.54) is 5.56 Å². The van der Waals surface area contributed by atoms with Gasteiger partial charge in [-0.1, -0.05) is 35.9 Å². The number of anilines is 1. The summed E-state index contributed by atoms with van der Waals surface area (Å²) in [4.78, 5) is 3.94. The molecule has 88 valence electrons. The molecule has 0 aliphatic heterocycles. The van der Waals surface area contributed by atoms with Gasteiger partial charge in [-0.05, 0) is 17.2 Å². The molecule has 0 fully saturated rings. The van der Waals surface area contributed by atoms with Gasteiger partial charge in [-0.25, -0.2) is 0 Å². The minimum absolute atomic E-state index is 0.546. The fraction of sp³-hybridized carbons (Fsp3) is 0.154. The third-order valence-electron chi connectivity index (χ3n) is 2.43. The van der Waals surface area contributed by atoms with Crippen molar-refractivity contribution in [2.75, 3.05) is 5.32 Å². The lowest BCUT2D eigenvalue weighted by Gasteiger charge is -2.08. The second-order valence-electron chi connectivity index (χ2n) is 3.66. The second-order valence-corrected chi connectivity index (χ2v) is 4.33. The summed E-state index contributed by atoms with van der Waals surface area (Å²) in [6.07, 6.45) is 3.34. The number of halogens is 2. The number of nitrogens with one attached hydrogen (secondary N) is 1. The van der Waals surface area contributed by atoms with Crippen LogP contribution < -0.4 is 5.32 Å². The quantitative estimate of drug-likeness (QED) is 0.844. The first-order valence-corrected chi connectivity index (χ1v) is 6.18. The molecule has 2 nitrogen and oxygen atoms in total. The monoisotopic (exact) mass is 266 g/mol. The molecule has 2 rings (SSSR count). The van der Waals surface area contributed by atoms with Crippen LogP contribution in [0.5, 0.6) is 0 Å². The smallest absolute Gasteiger partial charge is 0.0820 e. The van der Waals surface area contributed by atoms with Gasteiger partial charge in [0.15, 0.2) is 0 Å². The number of nitrogens with zero attached hydrogens (tertiary/aromatic N) is 1. The molecule has 0 aliphatic rings. The molecule has 0 saturated heterocycles. The van der Waals surface area contributed by atoms with Gasteiger partial charge in [0.25, 0.3) is 0 Å². The fourth-order valence-electron chi connectivity index (χ4n) is 1.46. The van der Waals surface area contributed by atoms with E-state index >= 15 is 0 Å². The molecule has 0 saturated carbocycles. The number of hydrogen-bond acceptors (Lipinski definition) is 2. The third kappa shape index (κ3) is 3.35. The van der Waals surface area contributed by atoms with Crippen LogP contribution in [0.15, 0.2) is 42.7 Å². The number of benzene rings is 1. The summed E-state index contributed by atoms with van der Waals surface area (Å²) in [7, 11) is 0. The molecular weight excluding hydrogens is 255 g/mol. The summed E-state index contributed by atoms with van der Waals surface area (Å²) in [6, 6.07) is 10.0. The Hall–Kier alpha value is -1.25. The van der Waals surface area contributed by atoms with Crippen molar-refractivity contribution >= 4 is 28.9 Å². The van der Waals surface area contributed by atoms with E-state index < -0.39 is 0 Å². The van der Waals surface area contributed by atoms with Crippen molar-refractivity contribution in [3.63, 3.8) is 0 Å². The zero-order valence-electron chi connectivity index (χ0n) is 9.16. The van der Waals surface area contributed by atoms with E-state index in [0.29, 0.717) is 10.9 Å². The molecule has 2 aromatic rings. The van der Waals surface area contributed by atoms with Crippen molar-refractivity contribution in [1.29, 1.82) is 0 Å². The number of pyridine rings is 1. The average Bonchev–Trinajstić information content (AvgIpc) is 2.38. The van der Waals surface area contributed by atoms with Crippen LogP contribution in [0.1, 0.15) is 11.1 Å². The van der Waals surface area contributed by atoms with E-state index in [-0.39, 0.29) is 0 Å². The van der Waals surface area contributed by atoms with Gasteiger partial charge < -0.3 is 5.32 Å². The maximum Gasteiger partial charge on any atom is 0.0820 e. The first-order chi connectivity index (χ1) is 8.29. The highest BCUT2D eigenvalue weighted by molar-refractivity contribution is 6.33. The Balaban J connectivity index is 2.00. The molecule has 0 radical (unpaired) electrons. The zero-order valence-corrected chi connectivity index (χ0v) is 10.7. The predicted molar refractivity (Wildman–Crippen MR) is 72.6 cm³/mol. The first-order valence-electron chi connectivity index (χ1n) is 5.27. The fourth-order valence-corrected chi connectivity index (χ4v) is 1.83. The molecule has 0 aliphatic carbocycles. The van der Waals surface area contributed by atoms with E-state index in [4.69, 9.17) is 23.2 Å². The number of alkyl halides is 1. The molecule has 1 aromatic heterocycles. The molecule has 4 heteroatoms. The molecule has 1 heterocycles. The summed E-state index contributed by atoms with van der Waals surface area (Å²) in [5.41, 5.74) is 3.20. The van der Waals surface area contributed by atoms with Crippen LogP contribution in [0, 0.1) is 0 Å². The summed E-state index contributed by atoms with van der Waals surface area (Å²) >= 11 is 11.7. The summed E-state index contributed by atoms with van der Waals surface area (Å²) in [5.74, 6) is 0.546. The van der Waals surface area contributed by atoms with E-state index in [1.807, 2.05) is 18.2 Å². The van der Waals surface area contributed by atoms with Crippen molar-refractivity contribution in [3.05, 3.63) is 58.9 Å². The SMILES string of the molecule is ClCc1ccc(CNc2ccncc2Cl)cc1. The Morgan fingerprint density at radius 3 is 2.41 bits per heavy atom. The van der Waals surface area contributed by atoms with Crippen molar-refractivity contribution < 1.29 is 0 Å². The van der Waals surface area contributed by atoms with Gasteiger partial charge >= 0.3 is 0 Å². The van der Waals surface area contributed by atoms with E-state index in [2.05, 4.69) is 22.4 Å². The predicted octanol–water partition coefficient (Wildman–Crippen LogP) is 4.09. The highest BCUT2D eigenvalue weighted by Crippen LogP contribution is 2.20. The number of hydrogen-bond donors (Lipinski definition) is 1. The Morgan fingerprint density at radius 2 is 1.76 bits per heavy atom. The lowest BCUT2D eigenvalue weighted by atomic mass is 10.1. The minimum Gasteiger partial charge on any atom is -0.380 e. The van der Waals surface area contributed by atoms with Crippen LogP contribution in [0.3, 0.4) is 0 Å². The highest BCUT2D eigenvalue weighted by Gasteiger charge is 1.99. The largest absolute Gasteiger partial charge is 0.380 e. The maximum absolute atomic E-state index is 6.00. The molecular formula is C13H12Cl2N2. The first kappa shape index (κ1) is 12.2. The third-order valence-corrected chi connectivity index (χ3v) is 3.04. The van der Waals surface area contributed by atoms with Crippen molar-refractivity contribution in [3.8, 4) is 0 Å². The van der Waals surface area contributed by atoms with Crippen LogP contribution in [0.25, 0.3) is 0 Å². The summed E-state index contributed by atoms with van der Waals surface area (Å²) in [6.45, 7) is 0.728. The number of aromatic nitrogens is 1. The van der Waals surface area contributed by atoms with Gasteiger partial charge in [0, 0.05) is 24.8 Å². The van der Waals surface area contributed by atoms with Gasteiger partial charge in [-0.3, -0.25) is 4.98 Å². The van der Waals surface area contributed by atoms with E-state index in [1.54, 1.807) is 12.4 Å². The second kappa shape index (κ2) is 5.89. The molecule has 1 N–H and O–H groups in total. The highest BCUT2D eigenvalue weighted by atomic mass is 35.5. The average molecular weight is 267 g/mol. The Bertz CT molecular complexity index is 483. The Labute approximate surface area is 111 Å². The molecule has 17 heavy (non-hydrogen) atoms. The maximum atomic E-state index is 6.00. The van der Waals surface area contributed by atoms with Gasteiger partial charge in [0.2, 0.25) is 0 Å². The minimum atomic E-state index is 0.546. The summed E-state index contributed by atoms with van der Waals surface area (Å²) in [5, 5.41) is 3.89. The van der Waals surface area contributed by atoms with Crippen LogP contribution in [-0.2, 0) is 12.4 Å².